The number of ether oxygens (including phenoxy) is 2. The molecule has 1 amide bonds. The van der Waals surface area contributed by atoms with Gasteiger partial charge in [0.25, 0.3) is 11.6 Å². The highest BCUT2D eigenvalue weighted by molar-refractivity contribution is 5.80. The maximum absolute atomic E-state index is 11.3. The van der Waals surface area contributed by atoms with Crippen LogP contribution in [0.2, 0.25) is 0 Å². The van der Waals surface area contributed by atoms with Gasteiger partial charge in [0.2, 0.25) is 0 Å². The van der Waals surface area contributed by atoms with Crippen LogP contribution >= 0.6 is 0 Å². The van der Waals surface area contributed by atoms with Crippen molar-refractivity contribution in [1.29, 1.82) is 0 Å². The van der Waals surface area contributed by atoms with E-state index in [2.05, 4.69) is 4.98 Å². The molecule has 1 aromatic carbocycles. The molecule has 0 radical (unpaired) electrons. The van der Waals surface area contributed by atoms with E-state index in [1.807, 2.05) is 0 Å². The number of nitrogens with zero attached hydrogens (tertiary/aromatic N) is 2. The first-order valence-electron chi connectivity index (χ1n) is 6.63. The van der Waals surface area contributed by atoms with Gasteiger partial charge < -0.3 is 15.2 Å². The molecule has 0 fully saturated rings. The molecule has 0 aliphatic carbocycles. The third-order valence-corrected chi connectivity index (χ3v) is 3.11. The summed E-state index contributed by atoms with van der Waals surface area (Å²) in [5.41, 5.74) is 6.15. The highest BCUT2D eigenvalue weighted by Gasteiger charge is 2.19. The summed E-state index contributed by atoms with van der Waals surface area (Å²) in [6, 6.07) is 7.40. The van der Waals surface area contributed by atoms with Crippen LogP contribution in [0.25, 0.3) is 0 Å². The van der Waals surface area contributed by atoms with Gasteiger partial charge >= 0.3 is 0 Å². The van der Waals surface area contributed by atoms with Crippen molar-refractivity contribution in [2.24, 2.45) is 5.73 Å². The highest BCUT2D eigenvalue weighted by Crippen LogP contribution is 2.29. The smallest absolute Gasteiger partial charge is 0.269 e. The van der Waals surface area contributed by atoms with Gasteiger partial charge in [-0.1, -0.05) is 0 Å². The van der Waals surface area contributed by atoms with Crippen LogP contribution < -0.4 is 10.5 Å². The monoisotopic (exact) mass is 317 g/mol. The number of hydrogen-bond donors (Lipinski definition) is 1. The molecular weight excluding hydrogens is 302 g/mol. The summed E-state index contributed by atoms with van der Waals surface area (Å²) in [6.45, 7) is 1.70. The number of carbonyl (C=O) groups excluding carboxylic acids is 1. The number of aromatic nitrogens is 1. The lowest BCUT2D eigenvalue weighted by atomic mass is 10.2. The molecule has 8 heteroatoms. The van der Waals surface area contributed by atoms with E-state index in [9.17, 15) is 14.9 Å². The number of nitro groups is 1. The summed E-state index contributed by atoms with van der Waals surface area (Å²) in [4.78, 5) is 25.6. The van der Waals surface area contributed by atoms with Gasteiger partial charge in [0.15, 0.2) is 6.10 Å². The van der Waals surface area contributed by atoms with Crippen molar-refractivity contribution >= 4 is 11.6 Å². The quantitative estimate of drug-likeness (QED) is 0.645. The number of aryl methyl sites for hydroxylation is 1. The van der Waals surface area contributed by atoms with Crippen LogP contribution in [-0.2, 0) is 9.53 Å². The maximum atomic E-state index is 11.3. The molecule has 0 aliphatic rings. The van der Waals surface area contributed by atoms with Crippen molar-refractivity contribution in [1.82, 2.24) is 4.98 Å². The van der Waals surface area contributed by atoms with E-state index in [1.165, 1.54) is 37.6 Å². The van der Waals surface area contributed by atoms with E-state index < -0.39 is 16.9 Å². The van der Waals surface area contributed by atoms with Crippen LogP contribution in [0.3, 0.4) is 0 Å². The molecule has 0 aliphatic heterocycles. The second kappa shape index (κ2) is 6.84. The SMILES string of the molecule is COC(C(N)=O)c1cc(Oc2ccc([N+](=O)[O-])cc2C)ccn1. The van der Waals surface area contributed by atoms with Crippen LogP contribution in [0.1, 0.15) is 17.4 Å². The number of benzene rings is 1. The van der Waals surface area contributed by atoms with E-state index in [0.717, 1.165) is 0 Å². The number of carbonyl (C=O) groups is 1. The lowest BCUT2D eigenvalue weighted by molar-refractivity contribution is -0.384. The number of nitro benzene ring substituents is 1. The van der Waals surface area contributed by atoms with Gasteiger partial charge in [-0.15, -0.1) is 0 Å². The number of nitrogens with two attached hydrogens (primary N) is 1. The molecule has 8 nitrogen and oxygen atoms in total. The maximum Gasteiger partial charge on any atom is 0.269 e. The number of hydrogen-bond acceptors (Lipinski definition) is 6. The molecule has 120 valence electrons. The topological polar surface area (TPSA) is 118 Å². The summed E-state index contributed by atoms with van der Waals surface area (Å²) < 4.78 is 10.7. The predicted octanol–water partition coefficient (Wildman–Crippen LogP) is 2.26. The molecule has 1 heterocycles. The molecule has 23 heavy (non-hydrogen) atoms. The van der Waals surface area contributed by atoms with Gasteiger partial charge in [0, 0.05) is 31.5 Å². The summed E-state index contributed by atoms with van der Waals surface area (Å²) in [6.07, 6.45) is 0.483. The van der Waals surface area contributed by atoms with E-state index in [4.69, 9.17) is 15.2 Å². The van der Waals surface area contributed by atoms with Gasteiger partial charge in [-0.2, -0.15) is 0 Å². The second-order valence-electron chi connectivity index (χ2n) is 4.74. The van der Waals surface area contributed by atoms with Crippen LogP contribution in [0.4, 0.5) is 5.69 Å². The van der Waals surface area contributed by atoms with E-state index in [0.29, 0.717) is 22.8 Å². The standard InChI is InChI=1S/C15H15N3O5/c1-9-7-10(18(20)21)3-4-13(9)23-11-5-6-17-12(8-11)14(22-2)15(16)19/h3-8,14H,1-2H3,(H2,16,19). The Morgan fingerprint density at radius 3 is 2.65 bits per heavy atom. The number of methoxy groups -OCH3 is 1. The molecule has 2 N–H and O–H groups in total. The van der Waals surface area contributed by atoms with E-state index in [-0.39, 0.29) is 5.69 Å². The first-order chi connectivity index (χ1) is 10.9. The normalized spacial score (nSPS) is 11.7. The zero-order valence-corrected chi connectivity index (χ0v) is 12.6. The number of amides is 1. The molecule has 1 aromatic heterocycles. The van der Waals surface area contributed by atoms with Gasteiger partial charge in [-0.05, 0) is 24.6 Å². The Hall–Kier alpha value is -3.00. The molecule has 0 bridgehead atoms. The largest absolute Gasteiger partial charge is 0.457 e. The third-order valence-electron chi connectivity index (χ3n) is 3.11. The van der Waals surface area contributed by atoms with Gasteiger partial charge in [0.05, 0.1) is 10.6 Å². The summed E-state index contributed by atoms with van der Waals surface area (Å²) in [5, 5.41) is 10.7. The molecule has 2 rings (SSSR count). The minimum absolute atomic E-state index is 0.0153. The molecule has 1 unspecified atom stereocenters. The first kappa shape index (κ1) is 16.4. The highest BCUT2D eigenvalue weighted by atomic mass is 16.6. The van der Waals surface area contributed by atoms with Crippen LogP contribution in [0.15, 0.2) is 36.5 Å². The minimum atomic E-state index is -0.975. The van der Waals surface area contributed by atoms with E-state index >= 15 is 0 Å². The minimum Gasteiger partial charge on any atom is -0.457 e. The molecule has 0 saturated heterocycles. The molecular formula is C15H15N3O5. The van der Waals surface area contributed by atoms with Gasteiger partial charge in [-0.25, -0.2) is 0 Å². The first-order valence-corrected chi connectivity index (χ1v) is 6.63. The van der Waals surface area contributed by atoms with Crippen LogP contribution in [0.5, 0.6) is 11.5 Å². The number of pyridine rings is 1. The Bertz CT molecular complexity index is 748. The van der Waals surface area contributed by atoms with Gasteiger partial charge in [-0.3, -0.25) is 19.9 Å². The fourth-order valence-electron chi connectivity index (χ4n) is 2.01. The van der Waals surface area contributed by atoms with Crippen molar-refractivity contribution in [3.8, 4) is 11.5 Å². The van der Waals surface area contributed by atoms with Crippen LogP contribution in [-0.4, -0.2) is 22.9 Å². The number of non-ortho nitro benzene ring substituents is 1. The van der Waals surface area contributed by atoms with Crippen molar-refractivity contribution < 1.29 is 19.2 Å². The fraction of sp³-hybridized carbons (Fsp3) is 0.200. The average Bonchev–Trinajstić information content (AvgIpc) is 2.50. The summed E-state index contributed by atoms with van der Waals surface area (Å²) >= 11 is 0. The Balaban J connectivity index is 2.27. The number of primary amides is 1. The summed E-state index contributed by atoms with van der Waals surface area (Å²) in [5.74, 6) is 0.208. The third kappa shape index (κ3) is 3.80. The molecule has 0 saturated carbocycles. The number of rotatable bonds is 6. The average molecular weight is 317 g/mol. The van der Waals surface area contributed by atoms with Crippen molar-refractivity contribution in [3.05, 3.63) is 57.9 Å². The molecule has 1 atom stereocenters. The van der Waals surface area contributed by atoms with E-state index in [1.54, 1.807) is 13.0 Å². The zero-order chi connectivity index (χ0) is 17.0. The Kier molecular flexibility index (Phi) is 4.87. The van der Waals surface area contributed by atoms with Crippen LogP contribution in [0, 0.1) is 17.0 Å². The lowest BCUT2D eigenvalue weighted by Crippen LogP contribution is -2.23. The molecule has 0 spiro atoms. The Morgan fingerprint density at radius 2 is 2.09 bits per heavy atom. The second-order valence-corrected chi connectivity index (χ2v) is 4.74. The zero-order valence-electron chi connectivity index (χ0n) is 12.6. The Morgan fingerprint density at radius 1 is 1.35 bits per heavy atom. The Labute approximate surface area is 132 Å². The summed E-state index contributed by atoms with van der Waals surface area (Å²) in [7, 11) is 1.35. The lowest BCUT2D eigenvalue weighted by Gasteiger charge is -2.13. The van der Waals surface area contributed by atoms with Crippen molar-refractivity contribution in [2.75, 3.05) is 7.11 Å². The van der Waals surface area contributed by atoms with Gasteiger partial charge in [0.1, 0.15) is 11.5 Å². The predicted molar refractivity (Wildman–Crippen MR) is 81.1 cm³/mol. The fourth-order valence-corrected chi connectivity index (χ4v) is 2.01. The van der Waals surface area contributed by atoms with Crippen molar-refractivity contribution in [3.63, 3.8) is 0 Å². The molecule has 2 aromatic rings. The van der Waals surface area contributed by atoms with Crippen molar-refractivity contribution in [2.45, 2.75) is 13.0 Å².